The van der Waals surface area contributed by atoms with E-state index in [1.54, 1.807) is 0 Å². The molecule has 0 bridgehead atoms. The van der Waals surface area contributed by atoms with Crippen molar-refractivity contribution >= 4 is 0 Å². The van der Waals surface area contributed by atoms with Crippen molar-refractivity contribution in [2.75, 3.05) is 32.8 Å². The zero-order chi connectivity index (χ0) is 13.2. The monoisotopic (exact) mass is 254 g/mol. The van der Waals surface area contributed by atoms with Gasteiger partial charge in [0.2, 0.25) is 0 Å². The van der Waals surface area contributed by atoms with Gasteiger partial charge < -0.3 is 10.1 Å². The van der Waals surface area contributed by atoms with Gasteiger partial charge in [-0.05, 0) is 32.1 Å². The van der Waals surface area contributed by atoms with Crippen molar-refractivity contribution in [1.29, 1.82) is 0 Å². The highest BCUT2D eigenvalue weighted by molar-refractivity contribution is 4.94. The number of ether oxygens (including phenoxy) is 1. The van der Waals surface area contributed by atoms with Crippen molar-refractivity contribution < 1.29 is 4.74 Å². The van der Waals surface area contributed by atoms with Crippen molar-refractivity contribution in [2.24, 2.45) is 11.8 Å². The fraction of sp³-hybridized carbons (Fsp3) is 1.00. The van der Waals surface area contributed by atoms with Gasteiger partial charge >= 0.3 is 0 Å². The molecular weight excluding hydrogens is 224 g/mol. The zero-order valence-electron chi connectivity index (χ0n) is 12.5. The lowest BCUT2D eigenvalue weighted by molar-refractivity contribution is 0.0477. The van der Waals surface area contributed by atoms with Gasteiger partial charge in [-0.3, -0.25) is 4.90 Å². The molecule has 2 fully saturated rings. The lowest BCUT2D eigenvalue weighted by atomic mass is 9.89. The molecule has 3 heteroatoms. The highest BCUT2D eigenvalue weighted by Gasteiger charge is 2.36. The summed E-state index contributed by atoms with van der Waals surface area (Å²) in [5.74, 6) is 1.53. The molecule has 0 aromatic rings. The van der Waals surface area contributed by atoms with E-state index in [1.165, 1.54) is 25.9 Å². The normalized spacial score (nSPS) is 34.7. The average Bonchev–Trinajstić information content (AvgIpc) is 2.80. The lowest BCUT2D eigenvalue weighted by Gasteiger charge is -2.47. The summed E-state index contributed by atoms with van der Waals surface area (Å²) in [6.07, 6.45) is 2.52. The minimum absolute atomic E-state index is 0.253. The van der Waals surface area contributed by atoms with Crippen molar-refractivity contribution in [3.05, 3.63) is 0 Å². The van der Waals surface area contributed by atoms with E-state index in [1.807, 2.05) is 0 Å². The summed E-state index contributed by atoms with van der Waals surface area (Å²) in [7, 11) is 0. The Morgan fingerprint density at radius 3 is 2.83 bits per heavy atom. The van der Waals surface area contributed by atoms with Crippen LogP contribution >= 0.6 is 0 Å². The molecule has 3 unspecified atom stereocenters. The van der Waals surface area contributed by atoms with Crippen LogP contribution in [0.5, 0.6) is 0 Å². The SMILES string of the molecule is CCC(C)C1CNC(C)(C)CN1CC1CCOC1. The van der Waals surface area contributed by atoms with Crippen LogP contribution in [0.1, 0.15) is 40.5 Å². The molecule has 0 radical (unpaired) electrons. The Morgan fingerprint density at radius 2 is 2.22 bits per heavy atom. The van der Waals surface area contributed by atoms with Crippen LogP contribution in [0.15, 0.2) is 0 Å². The molecule has 2 saturated heterocycles. The van der Waals surface area contributed by atoms with E-state index in [0.29, 0.717) is 6.04 Å². The predicted molar refractivity (Wildman–Crippen MR) is 75.8 cm³/mol. The summed E-state index contributed by atoms with van der Waals surface area (Å²) < 4.78 is 5.53. The van der Waals surface area contributed by atoms with E-state index in [4.69, 9.17) is 4.74 Å². The van der Waals surface area contributed by atoms with Crippen molar-refractivity contribution in [2.45, 2.75) is 52.1 Å². The largest absolute Gasteiger partial charge is 0.381 e. The smallest absolute Gasteiger partial charge is 0.0507 e. The molecule has 0 saturated carbocycles. The third-order valence-electron chi connectivity index (χ3n) is 4.67. The second-order valence-electron chi connectivity index (χ2n) is 6.88. The minimum atomic E-state index is 0.253. The number of nitrogens with one attached hydrogen (secondary N) is 1. The minimum Gasteiger partial charge on any atom is -0.381 e. The third-order valence-corrected chi connectivity index (χ3v) is 4.67. The number of hydrogen-bond donors (Lipinski definition) is 1. The van der Waals surface area contributed by atoms with Crippen molar-refractivity contribution in [1.82, 2.24) is 10.2 Å². The summed E-state index contributed by atoms with van der Waals surface area (Å²) in [6.45, 7) is 14.8. The lowest BCUT2D eigenvalue weighted by Crippen LogP contribution is -2.63. The van der Waals surface area contributed by atoms with Crippen molar-refractivity contribution in [3.8, 4) is 0 Å². The first-order valence-corrected chi connectivity index (χ1v) is 7.58. The van der Waals surface area contributed by atoms with Gasteiger partial charge in [0.25, 0.3) is 0 Å². The van der Waals surface area contributed by atoms with Gasteiger partial charge in [0.15, 0.2) is 0 Å². The molecular formula is C15H30N2O. The van der Waals surface area contributed by atoms with Gasteiger partial charge in [0.05, 0.1) is 6.61 Å². The Bertz CT molecular complexity index is 261. The molecule has 18 heavy (non-hydrogen) atoms. The molecule has 3 atom stereocenters. The molecule has 0 aromatic carbocycles. The summed E-state index contributed by atoms with van der Waals surface area (Å²) in [4.78, 5) is 2.73. The maximum absolute atomic E-state index is 5.53. The van der Waals surface area contributed by atoms with Crippen LogP contribution in [0.4, 0.5) is 0 Å². The first-order valence-electron chi connectivity index (χ1n) is 7.58. The summed E-state index contributed by atoms with van der Waals surface area (Å²) in [6, 6.07) is 0.698. The average molecular weight is 254 g/mol. The molecule has 0 aliphatic carbocycles. The number of rotatable bonds is 4. The van der Waals surface area contributed by atoms with E-state index in [9.17, 15) is 0 Å². The molecule has 1 N–H and O–H groups in total. The molecule has 2 aliphatic rings. The zero-order valence-corrected chi connectivity index (χ0v) is 12.5. The maximum atomic E-state index is 5.53. The Labute approximate surface area is 112 Å². The highest BCUT2D eigenvalue weighted by atomic mass is 16.5. The predicted octanol–water partition coefficient (Wildman–Crippen LogP) is 2.12. The first-order chi connectivity index (χ1) is 8.52. The first kappa shape index (κ1) is 14.3. The molecule has 2 heterocycles. The van der Waals surface area contributed by atoms with Gasteiger partial charge in [-0.15, -0.1) is 0 Å². The van der Waals surface area contributed by atoms with Crippen LogP contribution in [0.25, 0.3) is 0 Å². The quantitative estimate of drug-likeness (QED) is 0.832. The van der Waals surface area contributed by atoms with E-state index in [-0.39, 0.29) is 5.54 Å². The summed E-state index contributed by atoms with van der Waals surface area (Å²) >= 11 is 0. The number of piperazine rings is 1. The molecule has 2 rings (SSSR count). The Hall–Kier alpha value is -0.120. The molecule has 3 nitrogen and oxygen atoms in total. The van der Waals surface area contributed by atoms with Gasteiger partial charge in [0, 0.05) is 37.8 Å². The van der Waals surface area contributed by atoms with Gasteiger partial charge in [0.1, 0.15) is 0 Å². The fourth-order valence-corrected chi connectivity index (χ4v) is 3.28. The molecule has 0 aromatic heterocycles. The molecule has 106 valence electrons. The molecule has 0 amide bonds. The third kappa shape index (κ3) is 3.46. The highest BCUT2D eigenvalue weighted by Crippen LogP contribution is 2.25. The van der Waals surface area contributed by atoms with Crippen LogP contribution in [0, 0.1) is 11.8 Å². The maximum Gasteiger partial charge on any atom is 0.0507 e. The van der Waals surface area contributed by atoms with Crippen LogP contribution in [-0.2, 0) is 4.74 Å². The second-order valence-corrected chi connectivity index (χ2v) is 6.88. The van der Waals surface area contributed by atoms with Crippen LogP contribution in [0.2, 0.25) is 0 Å². The Morgan fingerprint density at radius 1 is 1.44 bits per heavy atom. The van der Waals surface area contributed by atoms with E-state index in [2.05, 4.69) is 37.9 Å². The molecule has 2 aliphatic heterocycles. The second kappa shape index (κ2) is 5.89. The Kier molecular flexibility index (Phi) is 4.68. The van der Waals surface area contributed by atoms with Gasteiger partial charge in [-0.1, -0.05) is 20.3 Å². The fourth-order valence-electron chi connectivity index (χ4n) is 3.28. The van der Waals surface area contributed by atoms with Crippen molar-refractivity contribution in [3.63, 3.8) is 0 Å². The van der Waals surface area contributed by atoms with Crippen LogP contribution < -0.4 is 5.32 Å². The standard InChI is InChI=1S/C15H30N2O/c1-5-12(2)14-8-16-15(3,4)11-17(14)9-13-6-7-18-10-13/h12-14,16H,5-11H2,1-4H3. The topological polar surface area (TPSA) is 24.5 Å². The van der Waals surface area contributed by atoms with E-state index < -0.39 is 0 Å². The van der Waals surface area contributed by atoms with Gasteiger partial charge in [-0.25, -0.2) is 0 Å². The van der Waals surface area contributed by atoms with E-state index in [0.717, 1.165) is 31.6 Å². The number of nitrogens with zero attached hydrogens (tertiary/aromatic N) is 1. The van der Waals surface area contributed by atoms with Gasteiger partial charge in [-0.2, -0.15) is 0 Å². The number of hydrogen-bond acceptors (Lipinski definition) is 3. The van der Waals surface area contributed by atoms with E-state index >= 15 is 0 Å². The Balaban J connectivity index is 1.99. The molecule has 0 spiro atoms. The van der Waals surface area contributed by atoms with Crippen LogP contribution in [0.3, 0.4) is 0 Å². The van der Waals surface area contributed by atoms with Crippen LogP contribution in [-0.4, -0.2) is 49.3 Å². The summed E-state index contributed by atoms with van der Waals surface area (Å²) in [5.41, 5.74) is 0.253. The summed E-state index contributed by atoms with van der Waals surface area (Å²) in [5, 5.41) is 3.71.